The fraction of sp³-hybridized carbons (Fsp3) is 0.188. The lowest BCUT2D eigenvalue weighted by Crippen LogP contribution is -1.99. The van der Waals surface area contributed by atoms with Crippen molar-refractivity contribution in [1.29, 1.82) is 0 Å². The average molecular weight is 391 g/mol. The maximum absolute atomic E-state index is 10.2. The highest BCUT2D eigenvalue weighted by Gasteiger charge is 2.07. The Labute approximate surface area is 146 Å². The summed E-state index contributed by atoms with van der Waals surface area (Å²) in [6, 6.07) is 9.42. The van der Waals surface area contributed by atoms with Gasteiger partial charge in [-0.05, 0) is 47.6 Å². The summed E-state index contributed by atoms with van der Waals surface area (Å²) in [4.78, 5) is 0. The number of aromatic amines is 1. The van der Waals surface area contributed by atoms with Gasteiger partial charge in [0.25, 0.3) is 0 Å². The molecule has 0 bridgehead atoms. The van der Waals surface area contributed by atoms with E-state index in [4.69, 9.17) is 12.2 Å². The Hall–Kier alpha value is -1.99. The molecule has 3 aromatic rings. The molecule has 7 heteroatoms. The van der Waals surface area contributed by atoms with Gasteiger partial charge in [0.1, 0.15) is 5.75 Å². The molecule has 0 atom stereocenters. The highest BCUT2D eigenvalue weighted by atomic mass is 79.9. The number of halogens is 1. The van der Waals surface area contributed by atoms with E-state index < -0.39 is 0 Å². The van der Waals surface area contributed by atoms with E-state index >= 15 is 0 Å². The lowest BCUT2D eigenvalue weighted by molar-refractivity contribution is 0.475. The van der Waals surface area contributed by atoms with Gasteiger partial charge < -0.3 is 5.11 Å². The van der Waals surface area contributed by atoms with E-state index in [0.29, 0.717) is 10.3 Å². The number of nitrogens with zero attached hydrogens (tertiary/aromatic N) is 3. The predicted octanol–water partition coefficient (Wildman–Crippen LogP) is 4.40. The Bertz CT molecular complexity index is 945. The number of aromatic hydroxyl groups is 1. The van der Waals surface area contributed by atoms with Crippen molar-refractivity contribution < 1.29 is 5.11 Å². The number of phenols is 1. The maximum atomic E-state index is 10.2. The summed E-state index contributed by atoms with van der Waals surface area (Å²) in [5, 5.41) is 23.5. The molecule has 23 heavy (non-hydrogen) atoms. The molecule has 0 unspecified atom stereocenters. The Morgan fingerprint density at radius 2 is 2.22 bits per heavy atom. The molecule has 0 fully saturated rings. The highest BCUT2D eigenvalue weighted by molar-refractivity contribution is 9.10. The summed E-state index contributed by atoms with van der Waals surface area (Å²) in [7, 11) is 0. The fourth-order valence-corrected chi connectivity index (χ4v) is 2.97. The first-order valence-electron chi connectivity index (χ1n) is 7.22. The molecule has 1 aromatic heterocycles. The van der Waals surface area contributed by atoms with Crippen molar-refractivity contribution in [3.8, 4) is 5.75 Å². The number of fused-ring (bicyclic) bond motifs is 1. The van der Waals surface area contributed by atoms with Crippen LogP contribution in [-0.2, 0) is 6.42 Å². The molecule has 3 rings (SSSR count). The second-order valence-electron chi connectivity index (χ2n) is 5.12. The number of hydrogen-bond acceptors (Lipinski definition) is 4. The summed E-state index contributed by atoms with van der Waals surface area (Å²) in [5.41, 5.74) is 0.653. The highest BCUT2D eigenvalue weighted by Crippen LogP contribution is 2.28. The fourth-order valence-electron chi connectivity index (χ4n) is 2.39. The first kappa shape index (κ1) is 15.9. The number of hydrogen-bond donors (Lipinski definition) is 2. The minimum absolute atomic E-state index is 0.177. The smallest absolute Gasteiger partial charge is 0.216 e. The molecule has 2 N–H and O–H groups in total. The van der Waals surface area contributed by atoms with Gasteiger partial charge in [0, 0.05) is 16.5 Å². The Kier molecular flexibility index (Phi) is 4.58. The topological polar surface area (TPSA) is 66.2 Å². The van der Waals surface area contributed by atoms with Gasteiger partial charge in [-0.2, -0.15) is 14.9 Å². The molecule has 0 radical (unpaired) electrons. The number of H-pyrrole nitrogens is 1. The molecule has 2 aromatic carbocycles. The van der Waals surface area contributed by atoms with Crippen molar-refractivity contribution in [3.63, 3.8) is 0 Å². The van der Waals surface area contributed by atoms with Crippen LogP contribution in [0.4, 0.5) is 0 Å². The molecule has 0 amide bonds. The first-order valence-corrected chi connectivity index (χ1v) is 8.42. The van der Waals surface area contributed by atoms with Gasteiger partial charge in [-0.25, -0.2) is 0 Å². The molecule has 0 saturated carbocycles. The van der Waals surface area contributed by atoms with Gasteiger partial charge in [-0.1, -0.05) is 35.0 Å². The lowest BCUT2D eigenvalue weighted by atomic mass is 10.0. The second-order valence-corrected chi connectivity index (χ2v) is 6.42. The van der Waals surface area contributed by atoms with Crippen LogP contribution in [-0.4, -0.2) is 26.2 Å². The summed E-state index contributed by atoms with van der Waals surface area (Å²) >= 11 is 8.67. The molecule has 118 valence electrons. The van der Waals surface area contributed by atoms with E-state index in [1.807, 2.05) is 24.3 Å². The van der Waals surface area contributed by atoms with Crippen molar-refractivity contribution >= 4 is 45.1 Å². The van der Waals surface area contributed by atoms with Crippen molar-refractivity contribution in [3.05, 3.63) is 51.0 Å². The minimum Gasteiger partial charge on any atom is -0.507 e. The summed E-state index contributed by atoms with van der Waals surface area (Å²) in [5.74, 6) is 0.951. The largest absolute Gasteiger partial charge is 0.507 e. The summed E-state index contributed by atoms with van der Waals surface area (Å²) in [6.07, 6.45) is 3.34. The molecule has 0 aliphatic heterocycles. The lowest BCUT2D eigenvalue weighted by Gasteiger charge is -2.06. The Balaban J connectivity index is 2.10. The van der Waals surface area contributed by atoms with Crippen LogP contribution < -0.4 is 0 Å². The van der Waals surface area contributed by atoms with E-state index in [9.17, 15) is 5.11 Å². The molecule has 5 nitrogen and oxygen atoms in total. The van der Waals surface area contributed by atoms with Gasteiger partial charge in [0.05, 0.1) is 6.21 Å². The van der Waals surface area contributed by atoms with Crippen LogP contribution in [0.3, 0.4) is 0 Å². The van der Waals surface area contributed by atoms with Crippen LogP contribution in [0, 0.1) is 4.77 Å². The standard InChI is InChI=1S/C16H15BrN4OS/c1-2-3-15-19-20-16(23)21(15)18-9-13-12-6-5-11(17)8-10(12)4-7-14(13)22/h4-9,22H,2-3H2,1H3,(H,20,23)/b18-9-. The van der Waals surface area contributed by atoms with Gasteiger partial charge >= 0.3 is 0 Å². The monoisotopic (exact) mass is 390 g/mol. The number of nitrogens with one attached hydrogen (secondary N) is 1. The predicted molar refractivity (Wildman–Crippen MR) is 97.7 cm³/mol. The third-order valence-electron chi connectivity index (χ3n) is 3.49. The Morgan fingerprint density at radius 1 is 1.39 bits per heavy atom. The molecule has 1 heterocycles. The van der Waals surface area contributed by atoms with E-state index in [2.05, 4.69) is 38.2 Å². The number of rotatable bonds is 4. The minimum atomic E-state index is 0.177. The average Bonchev–Trinajstić information content (AvgIpc) is 2.87. The van der Waals surface area contributed by atoms with Gasteiger partial charge in [0.2, 0.25) is 4.77 Å². The first-order chi connectivity index (χ1) is 11.1. The number of aromatic nitrogens is 3. The zero-order chi connectivity index (χ0) is 16.4. The van der Waals surface area contributed by atoms with Crippen LogP contribution in [0.25, 0.3) is 10.8 Å². The van der Waals surface area contributed by atoms with E-state index in [0.717, 1.165) is 33.9 Å². The van der Waals surface area contributed by atoms with E-state index in [1.54, 1.807) is 17.0 Å². The van der Waals surface area contributed by atoms with Crippen molar-refractivity contribution in [2.24, 2.45) is 5.10 Å². The van der Waals surface area contributed by atoms with Crippen molar-refractivity contribution in [2.75, 3.05) is 0 Å². The molecule has 0 aliphatic carbocycles. The van der Waals surface area contributed by atoms with Gasteiger partial charge in [0.15, 0.2) is 5.82 Å². The van der Waals surface area contributed by atoms with Crippen LogP contribution >= 0.6 is 28.1 Å². The molecule has 0 aliphatic rings. The quantitative estimate of drug-likeness (QED) is 0.512. The normalized spacial score (nSPS) is 11.6. The molecule has 0 saturated heterocycles. The maximum Gasteiger partial charge on any atom is 0.216 e. The third-order valence-corrected chi connectivity index (χ3v) is 4.25. The van der Waals surface area contributed by atoms with Crippen molar-refractivity contribution in [1.82, 2.24) is 14.9 Å². The van der Waals surface area contributed by atoms with E-state index in [1.165, 1.54) is 0 Å². The Morgan fingerprint density at radius 3 is 3.00 bits per heavy atom. The zero-order valence-corrected chi connectivity index (χ0v) is 14.9. The summed E-state index contributed by atoms with van der Waals surface area (Å²) in [6.45, 7) is 2.07. The van der Waals surface area contributed by atoms with Crippen LogP contribution in [0.2, 0.25) is 0 Å². The summed E-state index contributed by atoms with van der Waals surface area (Å²) < 4.78 is 3.02. The van der Waals surface area contributed by atoms with E-state index in [-0.39, 0.29) is 5.75 Å². The van der Waals surface area contributed by atoms with Crippen molar-refractivity contribution in [2.45, 2.75) is 19.8 Å². The number of benzene rings is 2. The molecular weight excluding hydrogens is 376 g/mol. The van der Waals surface area contributed by atoms with Crippen LogP contribution in [0.5, 0.6) is 5.75 Å². The molecule has 0 spiro atoms. The van der Waals surface area contributed by atoms with Gasteiger partial charge in [-0.15, -0.1) is 0 Å². The molecular formula is C16H15BrN4OS. The third kappa shape index (κ3) is 3.20. The van der Waals surface area contributed by atoms with Crippen LogP contribution in [0.15, 0.2) is 39.9 Å². The number of phenolic OH excluding ortho intramolecular Hbond substituents is 1. The second kappa shape index (κ2) is 6.64. The van der Waals surface area contributed by atoms with Gasteiger partial charge in [-0.3, -0.25) is 5.10 Å². The number of aryl methyl sites for hydroxylation is 1. The van der Waals surface area contributed by atoms with Crippen LogP contribution in [0.1, 0.15) is 24.7 Å². The zero-order valence-electron chi connectivity index (χ0n) is 12.5. The SMILES string of the molecule is CCCc1n[nH]c(=S)n1/N=C\c1c(O)ccc2cc(Br)ccc12.